The third-order valence-electron chi connectivity index (χ3n) is 2.71. The van der Waals surface area contributed by atoms with Gasteiger partial charge >= 0.3 is 0 Å². The van der Waals surface area contributed by atoms with Crippen LogP contribution >= 0.6 is 11.6 Å². The number of benzene rings is 1. The lowest BCUT2D eigenvalue weighted by molar-refractivity contribution is 0.0168. The van der Waals surface area contributed by atoms with Gasteiger partial charge in [-0.2, -0.15) is 0 Å². The zero-order valence-electron chi connectivity index (χ0n) is 8.78. The number of hydrogen-bond donors (Lipinski definition) is 0. The fourth-order valence-corrected chi connectivity index (χ4v) is 2.06. The van der Waals surface area contributed by atoms with Crippen molar-refractivity contribution >= 4 is 11.6 Å². The van der Waals surface area contributed by atoms with Crippen molar-refractivity contribution in [3.05, 3.63) is 29.8 Å². The number of halogens is 1. The fraction of sp³-hybridized carbons (Fsp3) is 0.500. The fourth-order valence-electron chi connectivity index (χ4n) is 1.81. The van der Waals surface area contributed by atoms with Crippen molar-refractivity contribution in [2.24, 2.45) is 0 Å². The van der Waals surface area contributed by atoms with E-state index in [1.165, 1.54) is 5.56 Å². The first-order chi connectivity index (χ1) is 7.29. The van der Waals surface area contributed by atoms with Crippen molar-refractivity contribution < 1.29 is 9.47 Å². The molecule has 1 heterocycles. The number of alkyl halides is 1. The zero-order valence-corrected chi connectivity index (χ0v) is 9.54. The summed E-state index contributed by atoms with van der Waals surface area (Å²) < 4.78 is 10.8. The van der Waals surface area contributed by atoms with Gasteiger partial charge in [0.1, 0.15) is 5.75 Å². The standard InChI is InChI=1S/C12H15ClO2/c1-14-11-4-2-9(3-5-11)12-8-10(13)6-7-15-12/h2-5,10,12H,6-8H2,1H3. The minimum absolute atomic E-state index is 0.146. The highest BCUT2D eigenvalue weighted by Crippen LogP contribution is 2.31. The zero-order chi connectivity index (χ0) is 10.7. The van der Waals surface area contributed by atoms with Crippen LogP contribution in [0.2, 0.25) is 0 Å². The van der Waals surface area contributed by atoms with E-state index in [1.54, 1.807) is 7.11 Å². The van der Waals surface area contributed by atoms with Gasteiger partial charge in [0.25, 0.3) is 0 Å². The molecule has 2 atom stereocenters. The Labute approximate surface area is 95.1 Å². The summed E-state index contributed by atoms with van der Waals surface area (Å²) >= 11 is 6.12. The maximum Gasteiger partial charge on any atom is 0.118 e. The Morgan fingerprint density at radius 2 is 2.07 bits per heavy atom. The SMILES string of the molecule is COc1ccc(C2CC(Cl)CCO2)cc1. The second-order valence-electron chi connectivity index (χ2n) is 3.75. The molecule has 1 aliphatic heterocycles. The largest absolute Gasteiger partial charge is 0.497 e. The van der Waals surface area contributed by atoms with Crippen molar-refractivity contribution in [3.8, 4) is 5.75 Å². The summed E-state index contributed by atoms with van der Waals surface area (Å²) in [5.74, 6) is 0.872. The second-order valence-corrected chi connectivity index (χ2v) is 4.37. The normalized spacial score (nSPS) is 26.3. The molecule has 2 unspecified atom stereocenters. The molecule has 15 heavy (non-hydrogen) atoms. The molecule has 3 heteroatoms. The summed E-state index contributed by atoms with van der Waals surface area (Å²) in [5, 5.41) is 0.242. The van der Waals surface area contributed by atoms with Crippen LogP contribution in [-0.4, -0.2) is 19.1 Å². The van der Waals surface area contributed by atoms with E-state index in [-0.39, 0.29) is 11.5 Å². The average Bonchev–Trinajstić information content (AvgIpc) is 2.29. The molecule has 1 saturated heterocycles. The smallest absolute Gasteiger partial charge is 0.118 e. The van der Waals surface area contributed by atoms with Crippen molar-refractivity contribution in [3.63, 3.8) is 0 Å². The van der Waals surface area contributed by atoms with Gasteiger partial charge in [-0.1, -0.05) is 12.1 Å². The minimum Gasteiger partial charge on any atom is -0.497 e. The van der Waals surface area contributed by atoms with Gasteiger partial charge < -0.3 is 9.47 Å². The molecule has 1 aliphatic rings. The van der Waals surface area contributed by atoms with Crippen LogP contribution in [0, 0.1) is 0 Å². The molecule has 0 aliphatic carbocycles. The molecule has 1 aromatic carbocycles. The third-order valence-corrected chi connectivity index (χ3v) is 3.10. The van der Waals surface area contributed by atoms with E-state index in [4.69, 9.17) is 21.1 Å². The van der Waals surface area contributed by atoms with Gasteiger partial charge in [-0.25, -0.2) is 0 Å². The van der Waals surface area contributed by atoms with Gasteiger partial charge in [-0.15, -0.1) is 11.6 Å². The average molecular weight is 227 g/mol. The van der Waals surface area contributed by atoms with Gasteiger partial charge in [-0.05, 0) is 30.5 Å². The van der Waals surface area contributed by atoms with E-state index in [2.05, 4.69) is 0 Å². The van der Waals surface area contributed by atoms with Crippen LogP contribution in [0.4, 0.5) is 0 Å². The topological polar surface area (TPSA) is 18.5 Å². The highest BCUT2D eigenvalue weighted by atomic mass is 35.5. The van der Waals surface area contributed by atoms with E-state index in [0.717, 1.165) is 25.2 Å². The van der Waals surface area contributed by atoms with Crippen LogP contribution in [0.3, 0.4) is 0 Å². The summed E-state index contributed by atoms with van der Waals surface area (Å²) in [6.45, 7) is 0.755. The molecule has 82 valence electrons. The predicted octanol–water partition coefficient (Wildman–Crippen LogP) is 3.15. The Balaban J connectivity index is 2.07. The lowest BCUT2D eigenvalue weighted by Crippen LogP contribution is -2.19. The molecule has 0 bridgehead atoms. The van der Waals surface area contributed by atoms with Crippen LogP contribution in [-0.2, 0) is 4.74 Å². The lowest BCUT2D eigenvalue weighted by atomic mass is 10.0. The molecule has 0 saturated carbocycles. The van der Waals surface area contributed by atoms with E-state index in [0.29, 0.717) is 0 Å². The number of methoxy groups -OCH3 is 1. The Morgan fingerprint density at radius 1 is 1.33 bits per heavy atom. The Hall–Kier alpha value is -0.730. The number of ether oxygens (including phenoxy) is 2. The molecule has 0 aromatic heterocycles. The molecule has 1 fully saturated rings. The van der Waals surface area contributed by atoms with Crippen LogP contribution in [0.5, 0.6) is 5.75 Å². The highest BCUT2D eigenvalue weighted by Gasteiger charge is 2.22. The first kappa shape index (κ1) is 10.8. The Kier molecular flexibility index (Phi) is 3.49. The molecular formula is C12H15ClO2. The maximum atomic E-state index is 6.12. The molecule has 0 radical (unpaired) electrons. The van der Waals surface area contributed by atoms with Crippen LogP contribution in [0.1, 0.15) is 24.5 Å². The van der Waals surface area contributed by atoms with Gasteiger partial charge in [0.05, 0.1) is 13.2 Å². The van der Waals surface area contributed by atoms with E-state index in [9.17, 15) is 0 Å². The molecule has 2 rings (SSSR count). The minimum atomic E-state index is 0.146. The number of rotatable bonds is 2. The van der Waals surface area contributed by atoms with Crippen molar-refractivity contribution in [1.29, 1.82) is 0 Å². The molecule has 0 N–H and O–H groups in total. The molecular weight excluding hydrogens is 212 g/mol. The second kappa shape index (κ2) is 4.86. The Bertz CT molecular complexity index is 310. The third kappa shape index (κ3) is 2.64. The monoisotopic (exact) mass is 226 g/mol. The summed E-state index contributed by atoms with van der Waals surface area (Å²) in [7, 11) is 1.67. The van der Waals surface area contributed by atoms with E-state index < -0.39 is 0 Å². The van der Waals surface area contributed by atoms with Gasteiger partial charge in [0, 0.05) is 12.0 Å². The Morgan fingerprint density at radius 3 is 2.67 bits per heavy atom. The van der Waals surface area contributed by atoms with E-state index >= 15 is 0 Å². The quantitative estimate of drug-likeness (QED) is 0.722. The van der Waals surface area contributed by atoms with Crippen LogP contribution in [0.15, 0.2) is 24.3 Å². The molecule has 1 aromatic rings. The van der Waals surface area contributed by atoms with Crippen LogP contribution < -0.4 is 4.74 Å². The first-order valence-corrected chi connectivity index (χ1v) is 5.63. The number of hydrogen-bond acceptors (Lipinski definition) is 2. The van der Waals surface area contributed by atoms with Crippen molar-refractivity contribution in [1.82, 2.24) is 0 Å². The first-order valence-electron chi connectivity index (χ1n) is 5.19. The summed E-state index contributed by atoms with van der Waals surface area (Å²) in [5.41, 5.74) is 1.18. The van der Waals surface area contributed by atoms with Crippen molar-refractivity contribution in [2.45, 2.75) is 24.3 Å². The maximum absolute atomic E-state index is 6.12. The highest BCUT2D eigenvalue weighted by molar-refractivity contribution is 6.20. The summed E-state index contributed by atoms with van der Waals surface area (Å²) in [6, 6.07) is 7.99. The van der Waals surface area contributed by atoms with Crippen LogP contribution in [0.25, 0.3) is 0 Å². The van der Waals surface area contributed by atoms with Crippen molar-refractivity contribution in [2.75, 3.05) is 13.7 Å². The van der Waals surface area contributed by atoms with Gasteiger partial charge in [-0.3, -0.25) is 0 Å². The van der Waals surface area contributed by atoms with E-state index in [1.807, 2.05) is 24.3 Å². The molecule has 0 spiro atoms. The summed E-state index contributed by atoms with van der Waals surface area (Å²) in [4.78, 5) is 0. The molecule has 0 amide bonds. The molecule has 2 nitrogen and oxygen atoms in total. The lowest BCUT2D eigenvalue weighted by Gasteiger charge is -2.26. The predicted molar refractivity (Wildman–Crippen MR) is 60.6 cm³/mol. The van der Waals surface area contributed by atoms with Gasteiger partial charge in [0.15, 0.2) is 0 Å². The summed E-state index contributed by atoms with van der Waals surface area (Å²) in [6.07, 6.45) is 1.99. The van der Waals surface area contributed by atoms with Gasteiger partial charge in [0.2, 0.25) is 0 Å².